The number of ether oxygens (including phenoxy) is 1. The van der Waals surface area contributed by atoms with Crippen molar-refractivity contribution in [3.05, 3.63) is 30.6 Å². The molecule has 0 spiro atoms. The number of imidazole rings is 1. The smallest absolute Gasteiger partial charge is 0.243 e. The Kier molecular flexibility index (Phi) is 9.61. The first-order valence-corrected chi connectivity index (χ1v) is 13.4. The van der Waals surface area contributed by atoms with Gasteiger partial charge in [0.15, 0.2) is 5.65 Å². The predicted octanol–water partition coefficient (Wildman–Crippen LogP) is 4.09. The fourth-order valence-electron chi connectivity index (χ4n) is 4.51. The van der Waals surface area contributed by atoms with Crippen molar-refractivity contribution in [2.45, 2.75) is 64.8 Å². The molecule has 11 heteroatoms. The summed E-state index contributed by atoms with van der Waals surface area (Å²) in [5.74, 6) is 0.261. The number of aromatic nitrogens is 4. The van der Waals surface area contributed by atoms with E-state index in [9.17, 15) is 9.59 Å². The number of unbranched alkanes of at least 4 members (excludes halogenated alkanes) is 4. The van der Waals surface area contributed by atoms with E-state index >= 15 is 0 Å². The minimum atomic E-state index is -0.361. The second-order valence-electron chi connectivity index (χ2n) is 9.82. The number of carbonyl (C=O) groups excluding carboxylic acids is 2. The van der Waals surface area contributed by atoms with Crippen molar-refractivity contribution in [3.8, 4) is 11.3 Å². The first kappa shape index (κ1) is 27.5. The Morgan fingerprint density at radius 2 is 1.74 bits per heavy atom. The number of benzene rings is 1. The van der Waals surface area contributed by atoms with Crippen LogP contribution >= 0.6 is 0 Å². The molecule has 38 heavy (non-hydrogen) atoms. The van der Waals surface area contributed by atoms with Crippen molar-refractivity contribution in [1.29, 1.82) is 0 Å². The van der Waals surface area contributed by atoms with Gasteiger partial charge in [-0.1, -0.05) is 31.4 Å². The van der Waals surface area contributed by atoms with E-state index in [4.69, 9.17) is 19.9 Å². The third-order valence-corrected chi connectivity index (χ3v) is 6.61. The number of hydrogen-bond acceptors (Lipinski definition) is 8. The molecule has 0 saturated carbocycles. The Hall–Kier alpha value is -3.57. The van der Waals surface area contributed by atoms with Gasteiger partial charge in [0.05, 0.1) is 19.5 Å². The molecule has 1 fully saturated rings. The van der Waals surface area contributed by atoms with E-state index in [1.807, 2.05) is 30.6 Å². The van der Waals surface area contributed by atoms with E-state index in [0.717, 1.165) is 67.6 Å². The Labute approximate surface area is 222 Å². The van der Waals surface area contributed by atoms with Crippen LogP contribution in [0.3, 0.4) is 0 Å². The largest absolute Gasteiger partial charge is 0.378 e. The molecule has 0 unspecified atom stereocenters. The van der Waals surface area contributed by atoms with E-state index in [2.05, 4.69) is 33.6 Å². The summed E-state index contributed by atoms with van der Waals surface area (Å²) in [5, 5.41) is 11.5. The molecule has 2 amide bonds. The maximum absolute atomic E-state index is 12.6. The van der Waals surface area contributed by atoms with Gasteiger partial charge in [-0.15, -0.1) is 0 Å². The van der Waals surface area contributed by atoms with Gasteiger partial charge < -0.3 is 19.5 Å². The number of fused-ring (bicyclic) bond motifs is 1. The van der Waals surface area contributed by atoms with Gasteiger partial charge in [-0.05, 0) is 38.8 Å². The second-order valence-corrected chi connectivity index (χ2v) is 9.82. The van der Waals surface area contributed by atoms with Crippen LogP contribution in [0.4, 0.5) is 11.6 Å². The SMILES string of the molecule is CC(C)n1cnc2c(-c3cccc(NC(=O)CCCCCCCC(=O)NO)c3)nc(N3CCOCC3)nc21. The number of hydrogen-bond donors (Lipinski definition) is 3. The monoisotopic (exact) mass is 523 g/mol. The van der Waals surface area contributed by atoms with Crippen molar-refractivity contribution >= 4 is 34.6 Å². The summed E-state index contributed by atoms with van der Waals surface area (Å²) >= 11 is 0. The van der Waals surface area contributed by atoms with Gasteiger partial charge in [-0.3, -0.25) is 14.8 Å². The number of nitrogens with zero attached hydrogens (tertiary/aromatic N) is 5. The lowest BCUT2D eigenvalue weighted by atomic mass is 10.1. The third-order valence-electron chi connectivity index (χ3n) is 6.61. The molecule has 1 aliphatic heterocycles. The third kappa shape index (κ3) is 7.05. The van der Waals surface area contributed by atoms with Crippen molar-refractivity contribution in [1.82, 2.24) is 25.0 Å². The van der Waals surface area contributed by atoms with Gasteiger partial charge in [0.1, 0.15) is 11.2 Å². The fourth-order valence-corrected chi connectivity index (χ4v) is 4.51. The summed E-state index contributed by atoms with van der Waals surface area (Å²) in [4.78, 5) is 40.2. The summed E-state index contributed by atoms with van der Waals surface area (Å²) in [7, 11) is 0. The van der Waals surface area contributed by atoms with Crippen molar-refractivity contribution in [3.63, 3.8) is 0 Å². The predicted molar refractivity (Wildman–Crippen MR) is 145 cm³/mol. The Morgan fingerprint density at radius 3 is 2.45 bits per heavy atom. The highest BCUT2D eigenvalue weighted by atomic mass is 16.5. The molecule has 2 aromatic heterocycles. The zero-order chi connectivity index (χ0) is 26.9. The molecule has 0 aliphatic carbocycles. The molecule has 204 valence electrons. The highest BCUT2D eigenvalue weighted by Crippen LogP contribution is 2.30. The van der Waals surface area contributed by atoms with Crippen LogP contribution in [0.25, 0.3) is 22.4 Å². The molecule has 0 bridgehead atoms. The van der Waals surface area contributed by atoms with E-state index in [1.54, 1.807) is 5.48 Å². The van der Waals surface area contributed by atoms with Crippen LogP contribution in [-0.4, -0.2) is 62.8 Å². The van der Waals surface area contributed by atoms with Crippen LogP contribution in [0.15, 0.2) is 30.6 Å². The quantitative estimate of drug-likeness (QED) is 0.184. The lowest BCUT2D eigenvalue weighted by Crippen LogP contribution is -2.37. The number of rotatable bonds is 12. The normalized spacial score (nSPS) is 13.7. The lowest BCUT2D eigenvalue weighted by molar-refractivity contribution is -0.129. The van der Waals surface area contributed by atoms with Crippen molar-refractivity contribution < 1.29 is 19.5 Å². The molecule has 0 atom stereocenters. The van der Waals surface area contributed by atoms with E-state index in [0.29, 0.717) is 37.7 Å². The van der Waals surface area contributed by atoms with Crippen LogP contribution in [0.5, 0.6) is 0 Å². The Morgan fingerprint density at radius 1 is 1.03 bits per heavy atom. The van der Waals surface area contributed by atoms with Gasteiger partial charge in [-0.25, -0.2) is 15.4 Å². The minimum absolute atomic E-state index is 0.0345. The van der Waals surface area contributed by atoms with Crippen LogP contribution in [0.1, 0.15) is 64.8 Å². The van der Waals surface area contributed by atoms with E-state index < -0.39 is 0 Å². The van der Waals surface area contributed by atoms with Crippen LogP contribution in [0, 0.1) is 0 Å². The molecule has 1 saturated heterocycles. The molecule has 3 N–H and O–H groups in total. The average molecular weight is 524 g/mol. The summed E-state index contributed by atoms with van der Waals surface area (Å²) < 4.78 is 7.56. The number of hydroxylamine groups is 1. The summed E-state index contributed by atoms with van der Waals surface area (Å²) in [6, 6.07) is 7.90. The molecule has 11 nitrogen and oxygen atoms in total. The number of morpholine rings is 1. The fraction of sp³-hybridized carbons (Fsp3) is 0.519. The average Bonchev–Trinajstić information content (AvgIpc) is 3.37. The van der Waals surface area contributed by atoms with Crippen molar-refractivity contribution in [2.75, 3.05) is 36.5 Å². The zero-order valence-corrected chi connectivity index (χ0v) is 22.2. The number of amides is 2. The summed E-state index contributed by atoms with van der Waals surface area (Å²) in [6.07, 6.45) is 6.81. The molecule has 3 heterocycles. The van der Waals surface area contributed by atoms with Gasteiger partial charge in [0, 0.05) is 43.2 Å². The maximum atomic E-state index is 12.6. The van der Waals surface area contributed by atoms with Gasteiger partial charge >= 0.3 is 0 Å². The van der Waals surface area contributed by atoms with Crippen LogP contribution in [0.2, 0.25) is 0 Å². The Balaban J connectivity index is 1.44. The summed E-state index contributed by atoms with van der Waals surface area (Å²) in [6.45, 7) is 6.95. The number of anilines is 2. The first-order valence-electron chi connectivity index (χ1n) is 13.4. The van der Waals surface area contributed by atoms with Crippen LogP contribution in [-0.2, 0) is 14.3 Å². The standard InChI is InChI=1S/C27H37N7O4/c1-19(2)34-18-28-25-24(30-27(31-26(25)34)33-13-15-38-16-14-33)20-9-8-10-21(17-20)29-22(35)11-6-4-3-5-7-12-23(36)32-37/h8-10,17-19,37H,3-7,11-16H2,1-2H3,(H,29,35)(H,32,36). The highest BCUT2D eigenvalue weighted by Gasteiger charge is 2.21. The van der Waals surface area contributed by atoms with Gasteiger partial charge in [0.2, 0.25) is 17.8 Å². The molecular weight excluding hydrogens is 486 g/mol. The number of nitrogens with one attached hydrogen (secondary N) is 2. The van der Waals surface area contributed by atoms with E-state index in [-0.39, 0.29) is 17.9 Å². The van der Waals surface area contributed by atoms with E-state index in [1.165, 1.54) is 0 Å². The van der Waals surface area contributed by atoms with Crippen molar-refractivity contribution in [2.24, 2.45) is 0 Å². The van der Waals surface area contributed by atoms with Gasteiger partial charge in [0.25, 0.3) is 0 Å². The molecule has 3 aromatic rings. The number of carbonyl (C=O) groups is 2. The topological polar surface area (TPSA) is 134 Å². The van der Waals surface area contributed by atoms with Crippen LogP contribution < -0.4 is 15.7 Å². The second kappa shape index (κ2) is 13.3. The highest BCUT2D eigenvalue weighted by molar-refractivity contribution is 5.93. The van der Waals surface area contributed by atoms with Gasteiger partial charge in [-0.2, -0.15) is 4.98 Å². The zero-order valence-electron chi connectivity index (χ0n) is 22.2. The molecule has 4 rings (SSSR count). The molecule has 1 aliphatic rings. The lowest BCUT2D eigenvalue weighted by Gasteiger charge is -2.27. The Bertz CT molecular complexity index is 1240. The maximum Gasteiger partial charge on any atom is 0.243 e. The summed E-state index contributed by atoms with van der Waals surface area (Å²) in [5.41, 5.74) is 5.48. The molecule has 0 radical (unpaired) electrons. The first-order chi connectivity index (χ1) is 18.5. The molecule has 1 aromatic carbocycles. The minimum Gasteiger partial charge on any atom is -0.378 e. The molecular formula is C27H37N7O4.